The second-order valence-corrected chi connectivity index (χ2v) is 7.48. The van der Waals surface area contributed by atoms with E-state index in [0.29, 0.717) is 30.0 Å². The Kier molecular flexibility index (Phi) is 4.90. The zero-order chi connectivity index (χ0) is 20.8. The Morgan fingerprint density at radius 2 is 2.14 bits per heavy atom. The first-order valence-electron chi connectivity index (χ1n) is 8.85. The van der Waals surface area contributed by atoms with Crippen molar-refractivity contribution in [1.29, 1.82) is 0 Å². The largest absolute Gasteiger partial charge is 0.437 e. The van der Waals surface area contributed by atoms with Gasteiger partial charge in [0.15, 0.2) is 5.69 Å². The maximum Gasteiger partial charge on any atom is 0.437 e. The smallest absolute Gasteiger partial charge is 0.378 e. The maximum absolute atomic E-state index is 13.5. The summed E-state index contributed by atoms with van der Waals surface area (Å²) < 4.78 is 48.6. The number of aromatic nitrogens is 5. The summed E-state index contributed by atoms with van der Waals surface area (Å²) >= 11 is 1.15. The van der Waals surface area contributed by atoms with Crippen LogP contribution in [0.25, 0.3) is 16.3 Å². The van der Waals surface area contributed by atoms with Gasteiger partial charge in [0.2, 0.25) is 0 Å². The van der Waals surface area contributed by atoms with E-state index in [1.165, 1.54) is 28.7 Å². The van der Waals surface area contributed by atoms with Gasteiger partial charge in [0.05, 0.1) is 24.5 Å². The van der Waals surface area contributed by atoms with E-state index in [2.05, 4.69) is 15.2 Å². The van der Waals surface area contributed by atoms with Gasteiger partial charge in [0.25, 0.3) is 5.91 Å². The number of amides is 1. The zero-order valence-electron chi connectivity index (χ0n) is 15.3. The van der Waals surface area contributed by atoms with Crippen molar-refractivity contribution in [3.05, 3.63) is 35.4 Å². The third-order valence-electron chi connectivity index (χ3n) is 4.66. The molecule has 0 saturated heterocycles. The lowest BCUT2D eigenvalue weighted by Crippen LogP contribution is -2.33. The summed E-state index contributed by atoms with van der Waals surface area (Å²) in [6.45, 7) is 2.45. The molecule has 12 heteroatoms. The summed E-state index contributed by atoms with van der Waals surface area (Å²) in [5, 5.41) is 9.75. The molecule has 1 saturated carbocycles. The Balaban J connectivity index is 1.64. The number of hydrogen-bond donors (Lipinski definition) is 1. The highest BCUT2D eigenvalue weighted by Crippen LogP contribution is 2.38. The summed E-state index contributed by atoms with van der Waals surface area (Å²) in [4.78, 5) is 15.3. The number of nitrogens with zero attached hydrogens (tertiary/aromatic N) is 5. The van der Waals surface area contributed by atoms with Crippen LogP contribution < -0.4 is 5.73 Å². The van der Waals surface area contributed by atoms with Crippen molar-refractivity contribution in [1.82, 2.24) is 24.5 Å². The number of thiazole rings is 1. The number of nitrogens with two attached hydrogens (primary N) is 1. The molecular weight excluding hydrogens is 409 g/mol. The third kappa shape index (κ3) is 3.77. The normalized spacial score (nSPS) is 19.3. The van der Waals surface area contributed by atoms with Crippen LogP contribution in [0, 0.1) is 0 Å². The Morgan fingerprint density at radius 3 is 2.76 bits per heavy atom. The molecule has 0 radical (unpaired) electrons. The van der Waals surface area contributed by atoms with Crippen LogP contribution in [0.4, 0.5) is 13.2 Å². The number of carbonyl (C=O) groups is 1. The minimum atomic E-state index is -4.63. The topological polar surface area (TPSA) is 101 Å². The highest BCUT2D eigenvalue weighted by molar-refractivity contribution is 7.13. The molecule has 0 unspecified atom stereocenters. The third-order valence-corrected chi connectivity index (χ3v) is 5.55. The van der Waals surface area contributed by atoms with Gasteiger partial charge < -0.3 is 10.5 Å². The molecule has 0 aromatic carbocycles. The molecule has 29 heavy (non-hydrogen) atoms. The van der Waals surface area contributed by atoms with Crippen LogP contribution in [-0.4, -0.2) is 43.2 Å². The van der Waals surface area contributed by atoms with Gasteiger partial charge in [-0.1, -0.05) is 0 Å². The molecule has 1 aliphatic rings. The fourth-order valence-electron chi connectivity index (χ4n) is 3.15. The lowest BCUT2D eigenvalue weighted by Gasteiger charge is -2.34. The lowest BCUT2D eigenvalue weighted by molar-refractivity contribution is -0.141. The van der Waals surface area contributed by atoms with Crippen molar-refractivity contribution in [2.75, 3.05) is 6.61 Å². The molecule has 3 heterocycles. The number of carbonyl (C=O) groups excluding carboxylic acids is 1. The van der Waals surface area contributed by atoms with Crippen LogP contribution in [0.3, 0.4) is 0 Å². The SMILES string of the molecule is CCOC1CC(n2cc(-n3cc(-c4nc(C(N)=O)cs4)cn3)c(C(F)(F)F)n2)C1. The van der Waals surface area contributed by atoms with Crippen LogP contribution in [0.15, 0.2) is 24.0 Å². The molecule has 4 rings (SSSR count). The second-order valence-electron chi connectivity index (χ2n) is 6.62. The van der Waals surface area contributed by atoms with E-state index >= 15 is 0 Å². The standard InChI is InChI=1S/C17H17F3N6O2S/c1-2-28-11-3-10(4-11)25-7-13(14(24-25)17(18,19)20)26-6-9(5-22-26)16-23-12(8-29-16)15(21)27/h5-8,10-11H,2-4H2,1H3,(H2,21,27). The van der Waals surface area contributed by atoms with Crippen LogP contribution >= 0.6 is 11.3 Å². The van der Waals surface area contributed by atoms with Crippen molar-refractivity contribution in [3.63, 3.8) is 0 Å². The van der Waals surface area contributed by atoms with Crippen LogP contribution in [0.2, 0.25) is 0 Å². The van der Waals surface area contributed by atoms with Gasteiger partial charge in [-0.25, -0.2) is 9.67 Å². The van der Waals surface area contributed by atoms with E-state index in [4.69, 9.17) is 10.5 Å². The van der Waals surface area contributed by atoms with Gasteiger partial charge >= 0.3 is 6.18 Å². The average Bonchev–Trinajstić information content (AvgIpc) is 3.34. The summed E-state index contributed by atoms with van der Waals surface area (Å²) in [6.07, 6.45) is 0.809. The zero-order valence-corrected chi connectivity index (χ0v) is 16.1. The summed E-state index contributed by atoms with van der Waals surface area (Å²) in [5.41, 5.74) is 4.57. The number of hydrogen-bond acceptors (Lipinski definition) is 6. The van der Waals surface area contributed by atoms with Gasteiger partial charge in [0, 0.05) is 23.7 Å². The molecule has 0 spiro atoms. The van der Waals surface area contributed by atoms with Crippen molar-refractivity contribution < 1.29 is 22.7 Å². The number of halogens is 3. The van der Waals surface area contributed by atoms with E-state index in [-0.39, 0.29) is 23.5 Å². The van der Waals surface area contributed by atoms with E-state index in [9.17, 15) is 18.0 Å². The Hall–Kier alpha value is -2.73. The Labute approximate surface area is 167 Å². The molecule has 0 atom stereocenters. The lowest BCUT2D eigenvalue weighted by atomic mass is 9.89. The van der Waals surface area contributed by atoms with E-state index < -0.39 is 17.8 Å². The van der Waals surface area contributed by atoms with Gasteiger partial charge in [-0.3, -0.25) is 9.48 Å². The molecule has 0 bridgehead atoms. The highest BCUT2D eigenvalue weighted by atomic mass is 32.1. The molecule has 3 aromatic rings. The predicted molar refractivity (Wildman–Crippen MR) is 97.7 cm³/mol. The van der Waals surface area contributed by atoms with Crippen LogP contribution in [-0.2, 0) is 10.9 Å². The molecule has 1 amide bonds. The van der Waals surface area contributed by atoms with Crippen LogP contribution in [0.5, 0.6) is 0 Å². The van der Waals surface area contributed by atoms with E-state index in [0.717, 1.165) is 16.0 Å². The van der Waals surface area contributed by atoms with Gasteiger partial charge in [-0.05, 0) is 19.8 Å². The molecule has 1 fully saturated rings. The number of ether oxygens (including phenoxy) is 1. The molecule has 8 nitrogen and oxygen atoms in total. The Morgan fingerprint density at radius 1 is 1.38 bits per heavy atom. The first kappa shape index (κ1) is 19.6. The van der Waals surface area contributed by atoms with Crippen molar-refractivity contribution in [2.45, 2.75) is 38.1 Å². The molecule has 1 aliphatic carbocycles. The first-order valence-corrected chi connectivity index (χ1v) is 9.73. The number of rotatable bonds is 6. The quantitative estimate of drug-likeness (QED) is 0.653. The maximum atomic E-state index is 13.5. The average molecular weight is 426 g/mol. The van der Waals surface area contributed by atoms with Crippen molar-refractivity contribution in [3.8, 4) is 16.3 Å². The van der Waals surface area contributed by atoms with Gasteiger partial charge in [0.1, 0.15) is 16.4 Å². The Bertz CT molecular complexity index is 1030. The number of alkyl halides is 3. The molecule has 0 aliphatic heterocycles. The summed E-state index contributed by atoms with van der Waals surface area (Å²) in [5.74, 6) is -0.675. The second kappa shape index (κ2) is 7.26. The minimum Gasteiger partial charge on any atom is -0.378 e. The summed E-state index contributed by atoms with van der Waals surface area (Å²) in [6, 6.07) is -0.145. The molecular formula is C17H17F3N6O2S. The number of primary amides is 1. The van der Waals surface area contributed by atoms with Crippen molar-refractivity contribution in [2.24, 2.45) is 5.73 Å². The predicted octanol–water partition coefficient (Wildman–Crippen LogP) is 3.05. The highest BCUT2D eigenvalue weighted by Gasteiger charge is 2.40. The first-order chi connectivity index (χ1) is 13.8. The molecule has 2 N–H and O–H groups in total. The van der Waals surface area contributed by atoms with Gasteiger partial charge in [-0.15, -0.1) is 11.3 Å². The van der Waals surface area contributed by atoms with Gasteiger partial charge in [-0.2, -0.15) is 23.4 Å². The fourth-order valence-corrected chi connectivity index (χ4v) is 3.93. The van der Waals surface area contributed by atoms with E-state index in [1.807, 2.05) is 6.92 Å². The molecule has 3 aromatic heterocycles. The molecule has 154 valence electrons. The fraction of sp³-hybridized carbons (Fsp3) is 0.412. The summed E-state index contributed by atoms with van der Waals surface area (Å²) in [7, 11) is 0. The van der Waals surface area contributed by atoms with E-state index in [1.54, 1.807) is 0 Å². The minimum absolute atomic E-state index is 0.0487. The monoisotopic (exact) mass is 426 g/mol. The van der Waals surface area contributed by atoms with Crippen molar-refractivity contribution >= 4 is 17.2 Å². The van der Waals surface area contributed by atoms with Crippen LogP contribution in [0.1, 0.15) is 42.0 Å².